The fraction of sp³-hybridized carbons (Fsp3) is 0.600. The van der Waals surface area contributed by atoms with E-state index in [9.17, 15) is 0 Å². The van der Waals surface area contributed by atoms with Crippen LogP contribution in [0.4, 0.5) is 11.6 Å². The predicted octanol–water partition coefficient (Wildman–Crippen LogP) is 2.12. The first kappa shape index (κ1) is 13.2. The molecule has 0 aliphatic carbocycles. The van der Waals surface area contributed by atoms with Gasteiger partial charge in [-0.2, -0.15) is 0 Å². The standard InChI is InChI=1S/C10H17BrN4O/c1-7(2)16-5-4-13-10-8(11)9(12-3)14-6-15-10/h6-7H,4-5H2,1-3H3,(H2,12,13,14,15). The van der Waals surface area contributed by atoms with Crippen LogP contribution in [0.5, 0.6) is 0 Å². The molecule has 0 spiro atoms. The van der Waals surface area contributed by atoms with Gasteiger partial charge in [0.1, 0.15) is 22.4 Å². The number of hydrogen-bond acceptors (Lipinski definition) is 5. The van der Waals surface area contributed by atoms with Crippen molar-refractivity contribution in [1.29, 1.82) is 0 Å². The summed E-state index contributed by atoms with van der Waals surface area (Å²) in [5.74, 6) is 1.54. The van der Waals surface area contributed by atoms with Gasteiger partial charge in [-0.05, 0) is 29.8 Å². The van der Waals surface area contributed by atoms with Crippen LogP contribution in [0.1, 0.15) is 13.8 Å². The third-order valence-electron chi connectivity index (χ3n) is 1.87. The number of halogens is 1. The summed E-state index contributed by atoms with van der Waals surface area (Å²) in [6, 6.07) is 0. The molecule has 0 bridgehead atoms. The molecule has 1 aromatic heterocycles. The molecule has 5 nitrogen and oxygen atoms in total. The molecule has 0 aliphatic heterocycles. The van der Waals surface area contributed by atoms with Gasteiger partial charge in [0.15, 0.2) is 0 Å². The molecule has 2 N–H and O–H groups in total. The van der Waals surface area contributed by atoms with Crippen molar-refractivity contribution in [2.75, 3.05) is 30.8 Å². The molecule has 1 rings (SSSR count). The lowest BCUT2D eigenvalue weighted by atomic mass is 10.5. The summed E-state index contributed by atoms with van der Waals surface area (Å²) in [6.45, 7) is 5.40. The van der Waals surface area contributed by atoms with Gasteiger partial charge in [-0.1, -0.05) is 0 Å². The molecule has 0 radical (unpaired) electrons. The van der Waals surface area contributed by atoms with Gasteiger partial charge in [-0.25, -0.2) is 9.97 Å². The molecule has 0 aliphatic rings. The molecule has 0 aromatic carbocycles. The molecule has 16 heavy (non-hydrogen) atoms. The van der Waals surface area contributed by atoms with E-state index in [0.717, 1.165) is 22.7 Å². The Morgan fingerprint density at radius 3 is 2.69 bits per heavy atom. The number of rotatable bonds is 6. The number of anilines is 2. The molecule has 0 atom stereocenters. The Kier molecular flexibility index (Phi) is 5.48. The van der Waals surface area contributed by atoms with Crippen molar-refractivity contribution in [1.82, 2.24) is 9.97 Å². The van der Waals surface area contributed by atoms with Crippen LogP contribution in [0.25, 0.3) is 0 Å². The molecular weight excluding hydrogens is 272 g/mol. The first-order valence-electron chi connectivity index (χ1n) is 5.19. The lowest BCUT2D eigenvalue weighted by molar-refractivity contribution is 0.0870. The summed E-state index contributed by atoms with van der Waals surface area (Å²) in [5, 5.41) is 6.16. The second-order valence-electron chi connectivity index (χ2n) is 3.48. The summed E-state index contributed by atoms with van der Waals surface area (Å²) in [7, 11) is 1.82. The van der Waals surface area contributed by atoms with E-state index >= 15 is 0 Å². The molecule has 0 amide bonds. The second kappa shape index (κ2) is 6.65. The maximum atomic E-state index is 5.42. The zero-order valence-corrected chi connectivity index (χ0v) is 11.3. The van der Waals surface area contributed by atoms with Gasteiger partial charge in [-0.3, -0.25) is 0 Å². The Balaban J connectivity index is 2.47. The Hall–Kier alpha value is -0.880. The largest absolute Gasteiger partial charge is 0.377 e. The summed E-state index contributed by atoms with van der Waals surface area (Å²) in [4.78, 5) is 8.21. The molecular formula is C10H17BrN4O. The molecule has 0 saturated heterocycles. The highest BCUT2D eigenvalue weighted by Crippen LogP contribution is 2.25. The van der Waals surface area contributed by atoms with Crippen molar-refractivity contribution in [3.8, 4) is 0 Å². The van der Waals surface area contributed by atoms with E-state index in [4.69, 9.17) is 4.74 Å². The molecule has 0 fully saturated rings. The second-order valence-corrected chi connectivity index (χ2v) is 4.27. The summed E-state index contributed by atoms with van der Waals surface area (Å²) in [6.07, 6.45) is 1.77. The van der Waals surface area contributed by atoms with Crippen LogP contribution in [0.3, 0.4) is 0 Å². The topological polar surface area (TPSA) is 59.1 Å². The van der Waals surface area contributed by atoms with E-state index in [2.05, 4.69) is 36.5 Å². The van der Waals surface area contributed by atoms with Crippen molar-refractivity contribution in [2.24, 2.45) is 0 Å². The van der Waals surface area contributed by atoms with Crippen LogP contribution < -0.4 is 10.6 Å². The van der Waals surface area contributed by atoms with Crippen molar-refractivity contribution in [3.63, 3.8) is 0 Å². The smallest absolute Gasteiger partial charge is 0.146 e. The van der Waals surface area contributed by atoms with E-state index in [1.54, 1.807) is 0 Å². The van der Waals surface area contributed by atoms with Gasteiger partial charge in [0.2, 0.25) is 0 Å². The number of ether oxygens (including phenoxy) is 1. The minimum absolute atomic E-state index is 0.253. The van der Waals surface area contributed by atoms with E-state index in [0.29, 0.717) is 6.61 Å². The van der Waals surface area contributed by atoms with Gasteiger partial charge >= 0.3 is 0 Å². The van der Waals surface area contributed by atoms with Crippen molar-refractivity contribution in [2.45, 2.75) is 20.0 Å². The van der Waals surface area contributed by atoms with E-state index in [1.165, 1.54) is 6.33 Å². The Morgan fingerprint density at radius 1 is 1.38 bits per heavy atom. The van der Waals surface area contributed by atoms with Crippen LogP contribution >= 0.6 is 15.9 Å². The number of nitrogens with one attached hydrogen (secondary N) is 2. The van der Waals surface area contributed by atoms with Crippen molar-refractivity contribution >= 4 is 27.6 Å². The predicted molar refractivity (Wildman–Crippen MR) is 68.9 cm³/mol. The lowest BCUT2D eigenvalue weighted by Gasteiger charge is -2.11. The van der Waals surface area contributed by atoms with E-state index < -0.39 is 0 Å². The summed E-state index contributed by atoms with van der Waals surface area (Å²) >= 11 is 3.43. The minimum Gasteiger partial charge on any atom is -0.377 e. The SMILES string of the molecule is CNc1ncnc(NCCOC(C)C)c1Br. The quantitative estimate of drug-likeness (QED) is 0.786. The van der Waals surface area contributed by atoms with Gasteiger partial charge < -0.3 is 15.4 Å². The average molecular weight is 289 g/mol. The molecule has 1 aromatic rings. The summed E-state index contributed by atoms with van der Waals surface area (Å²) < 4.78 is 6.26. The lowest BCUT2D eigenvalue weighted by Crippen LogP contribution is -2.14. The molecule has 0 saturated carbocycles. The Labute approximate surface area is 104 Å². The first-order valence-corrected chi connectivity index (χ1v) is 5.98. The van der Waals surface area contributed by atoms with Gasteiger partial charge in [0.25, 0.3) is 0 Å². The third kappa shape index (κ3) is 3.94. The zero-order valence-electron chi connectivity index (χ0n) is 9.75. The summed E-state index contributed by atoms with van der Waals surface area (Å²) in [5.41, 5.74) is 0. The highest BCUT2D eigenvalue weighted by molar-refractivity contribution is 9.10. The Morgan fingerprint density at radius 2 is 2.06 bits per heavy atom. The van der Waals surface area contributed by atoms with Crippen LogP contribution in [0, 0.1) is 0 Å². The van der Waals surface area contributed by atoms with Crippen LogP contribution in [0.2, 0.25) is 0 Å². The third-order valence-corrected chi connectivity index (χ3v) is 2.62. The molecule has 1 heterocycles. The number of nitrogens with zero attached hydrogens (tertiary/aromatic N) is 2. The minimum atomic E-state index is 0.253. The molecule has 90 valence electrons. The maximum Gasteiger partial charge on any atom is 0.146 e. The van der Waals surface area contributed by atoms with Gasteiger partial charge in [-0.15, -0.1) is 0 Å². The first-order chi connectivity index (χ1) is 7.65. The van der Waals surface area contributed by atoms with Crippen LogP contribution in [-0.2, 0) is 4.74 Å². The monoisotopic (exact) mass is 288 g/mol. The van der Waals surface area contributed by atoms with Crippen molar-refractivity contribution < 1.29 is 4.74 Å². The van der Waals surface area contributed by atoms with Crippen LogP contribution in [-0.4, -0.2) is 36.3 Å². The highest BCUT2D eigenvalue weighted by Gasteiger charge is 2.06. The normalized spacial score (nSPS) is 10.6. The highest BCUT2D eigenvalue weighted by atomic mass is 79.9. The molecule has 6 heteroatoms. The van der Waals surface area contributed by atoms with E-state index in [1.807, 2.05) is 20.9 Å². The van der Waals surface area contributed by atoms with Crippen LogP contribution in [0.15, 0.2) is 10.8 Å². The van der Waals surface area contributed by atoms with Gasteiger partial charge in [0.05, 0.1) is 12.7 Å². The number of aromatic nitrogens is 2. The fourth-order valence-electron chi connectivity index (χ4n) is 1.13. The average Bonchev–Trinajstić information content (AvgIpc) is 2.26. The zero-order chi connectivity index (χ0) is 12.0. The Bertz CT molecular complexity index is 333. The fourth-order valence-corrected chi connectivity index (χ4v) is 1.67. The molecule has 0 unspecified atom stereocenters. The van der Waals surface area contributed by atoms with Crippen molar-refractivity contribution in [3.05, 3.63) is 10.8 Å². The maximum absolute atomic E-state index is 5.42. The van der Waals surface area contributed by atoms with E-state index in [-0.39, 0.29) is 6.10 Å². The van der Waals surface area contributed by atoms with Gasteiger partial charge in [0, 0.05) is 13.6 Å². The number of hydrogen-bond donors (Lipinski definition) is 2.